The molecule has 1 spiro atoms. The van der Waals surface area contributed by atoms with Gasteiger partial charge in [0.25, 0.3) is 0 Å². The third-order valence-electron chi connectivity index (χ3n) is 8.52. The molecule has 4 aliphatic rings. The Morgan fingerprint density at radius 1 is 1.17 bits per heavy atom. The summed E-state index contributed by atoms with van der Waals surface area (Å²) in [6.45, 7) is 5.58. The summed E-state index contributed by atoms with van der Waals surface area (Å²) in [4.78, 5) is 44.7. The molecule has 2 unspecified atom stereocenters. The van der Waals surface area contributed by atoms with Crippen molar-refractivity contribution in [1.82, 2.24) is 20.4 Å². The highest BCUT2D eigenvalue weighted by Crippen LogP contribution is 2.63. The molecule has 1 aromatic carbocycles. The Kier molecular flexibility index (Phi) is 6.80. The molecule has 4 heterocycles. The molecule has 0 saturated carbocycles. The molecule has 36 heavy (non-hydrogen) atoms. The SMILES string of the molecule is CNC(=O)[C@H]1[C@H]2C(=O)N([C@H](CO)c3ccccc3)C(C(=O)NCCN3CCOCC3)C23CC[C@]1(C)O3. The maximum absolute atomic E-state index is 14.1. The lowest BCUT2D eigenvalue weighted by Crippen LogP contribution is -2.57. The predicted octanol–water partition coefficient (Wildman–Crippen LogP) is -0.321. The topological polar surface area (TPSA) is 120 Å². The van der Waals surface area contributed by atoms with Crippen molar-refractivity contribution in [2.75, 3.05) is 53.0 Å². The molecule has 3 amide bonds. The molecule has 1 aromatic rings. The zero-order chi connectivity index (χ0) is 25.5. The van der Waals surface area contributed by atoms with Crippen LogP contribution < -0.4 is 10.6 Å². The Hall–Kier alpha value is -2.53. The largest absolute Gasteiger partial charge is 0.394 e. The summed E-state index contributed by atoms with van der Waals surface area (Å²) in [7, 11) is 1.55. The summed E-state index contributed by atoms with van der Waals surface area (Å²) in [5, 5.41) is 16.2. The average molecular weight is 501 g/mol. The Labute approximate surface area is 211 Å². The van der Waals surface area contributed by atoms with Crippen LogP contribution >= 0.6 is 0 Å². The van der Waals surface area contributed by atoms with Crippen molar-refractivity contribution in [3.63, 3.8) is 0 Å². The van der Waals surface area contributed by atoms with Gasteiger partial charge in [-0.2, -0.15) is 0 Å². The number of nitrogens with one attached hydrogen (secondary N) is 2. The number of hydrogen-bond acceptors (Lipinski definition) is 7. The van der Waals surface area contributed by atoms with Gasteiger partial charge in [0, 0.05) is 33.2 Å². The van der Waals surface area contributed by atoms with E-state index in [1.807, 2.05) is 37.3 Å². The van der Waals surface area contributed by atoms with Crippen LogP contribution in [0.2, 0.25) is 0 Å². The molecule has 0 aliphatic carbocycles. The summed E-state index contributed by atoms with van der Waals surface area (Å²) < 4.78 is 12.0. The molecule has 0 aromatic heterocycles. The summed E-state index contributed by atoms with van der Waals surface area (Å²) >= 11 is 0. The Morgan fingerprint density at radius 3 is 2.56 bits per heavy atom. The van der Waals surface area contributed by atoms with Crippen LogP contribution in [-0.2, 0) is 23.9 Å². The van der Waals surface area contributed by atoms with Gasteiger partial charge in [-0.25, -0.2) is 0 Å². The number of hydrogen-bond donors (Lipinski definition) is 3. The van der Waals surface area contributed by atoms with Crippen LogP contribution in [0.15, 0.2) is 30.3 Å². The van der Waals surface area contributed by atoms with Crippen molar-refractivity contribution in [3.8, 4) is 0 Å². The summed E-state index contributed by atoms with van der Waals surface area (Å²) in [5.74, 6) is -2.37. The van der Waals surface area contributed by atoms with Crippen LogP contribution in [0.3, 0.4) is 0 Å². The van der Waals surface area contributed by atoms with Crippen molar-refractivity contribution in [2.45, 2.75) is 43.1 Å². The highest BCUT2D eigenvalue weighted by atomic mass is 16.5. The number of carbonyl (C=O) groups excluding carboxylic acids is 3. The van der Waals surface area contributed by atoms with E-state index >= 15 is 0 Å². The van der Waals surface area contributed by atoms with E-state index in [2.05, 4.69) is 15.5 Å². The minimum absolute atomic E-state index is 0.258. The van der Waals surface area contributed by atoms with Crippen LogP contribution in [-0.4, -0.2) is 103 Å². The number of aliphatic hydroxyl groups excluding tert-OH is 1. The van der Waals surface area contributed by atoms with Gasteiger partial charge in [0.1, 0.15) is 11.6 Å². The van der Waals surface area contributed by atoms with Gasteiger partial charge in [0.05, 0.1) is 43.3 Å². The third-order valence-corrected chi connectivity index (χ3v) is 8.52. The van der Waals surface area contributed by atoms with Gasteiger partial charge in [-0.15, -0.1) is 0 Å². The molecule has 4 fully saturated rings. The molecule has 2 bridgehead atoms. The third kappa shape index (κ3) is 3.91. The normalized spacial score (nSPS) is 34.5. The molecule has 0 radical (unpaired) electrons. The maximum Gasteiger partial charge on any atom is 0.245 e. The highest BCUT2D eigenvalue weighted by molar-refractivity contribution is 5.99. The first kappa shape index (κ1) is 25.1. The minimum Gasteiger partial charge on any atom is -0.394 e. The first-order chi connectivity index (χ1) is 17.4. The second-order valence-corrected chi connectivity index (χ2v) is 10.4. The zero-order valence-electron chi connectivity index (χ0n) is 20.9. The second kappa shape index (κ2) is 9.74. The maximum atomic E-state index is 14.1. The zero-order valence-corrected chi connectivity index (χ0v) is 20.9. The fraction of sp³-hybridized carbons (Fsp3) is 0.654. The van der Waals surface area contributed by atoms with Gasteiger partial charge < -0.3 is 30.1 Å². The summed E-state index contributed by atoms with van der Waals surface area (Å²) in [6, 6.07) is 7.53. The van der Waals surface area contributed by atoms with E-state index in [1.54, 1.807) is 7.05 Å². The smallest absolute Gasteiger partial charge is 0.245 e. The number of benzene rings is 1. The number of amides is 3. The molecular formula is C26H36N4O6. The number of aliphatic hydroxyl groups is 1. The van der Waals surface area contributed by atoms with Gasteiger partial charge in [-0.1, -0.05) is 30.3 Å². The lowest BCUT2D eigenvalue weighted by molar-refractivity contribution is -0.149. The van der Waals surface area contributed by atoms with E-state index in [1.165, 1.54) is 4.90 Å². The van der Waals surface area contributed by atoms with E-state index in [9.17, 15) is 19.5 Å². The number of carbonyl (C=O) groups is 3. The molecule has 5 rings (SSSR count). The van der Waals surface area contributed by atoms with Crippen molar-refractivity contribution in [2.24, 2.45) is 11.8 Å². The second-order valence-electron chi connectivity index (χ2n) is 10.4. The number of ether oxygens (including phenoxy) is 2. The Morgan fingerprint density at radius 2 is 1.89 bits per heavy atom. The van der Waals surface area contributed by atoms with Crippen LogP contribution in [0.25, 0.3) is 0 Å². The molecule has 3 N–H and O–H groups in total. The van der Waals surface area contributed by atoms with Gasteiger partial charge in [-0.3, -0.25) is 19.3 Å². The summed E-state index contributed by atoms with van der Waals surface area (Å²) in [5.41, 5.74) is -1.21. The van der Waals surface area contributed by atoms with Crippen LogP contribution in [0.1, 0.15) is 31.4 Å². The first-order valence-electron chi connectivity index (χ1n) is 12.8. The van der Waals surface area contributed by atoms with Crippen molar-refractivity contribution in [1.29, 1.82) is 0 Å². The molecule has 10 nitrogen and oxygen atoms in total. The van der Waals surface area contributed by atoms with Crippen LogP contribution in [0.4, 0.5) is 0 Å². The monoisotopic (exact) mass is 500 g/mol. The van der Waals surface area contributed by atoms with E-state index in [0.717, 1.165) is 18.7 Å². The van der Waals surface area contributed by atoms with Gasteiger partial charge in [0.2, 0.25) is 17.7 Å². The quantitative estimate of drug-likeness (QED) is 0.447. The van der Waals surface area contributed by atoms with E-state index in [-0.39, 0.29) is 24.3 Å². The highest BCUT2D eigenvalue weighted by Gasteiger charge is 2.78. The first-order valence-corrected chi connectivity index (χ1v) is 12.8. The number of nitrogens with zero attached hydrogens (tertiary/aromatic N) is 2. The number of fused-ring (bicyclic) bond motifs is 1. The predicted molar refractivity (Wildman–Crippen MR) is 130 cm³/mol. The lowest BCUT2D eigenvalue weighted by Gasteiger charge is -2.37. The van der Waals surface area contributed by atoms with Crippen LogP contribution in [0, 0.1) is 11.8 Å². The minimum atomic E-state index is -1.12. The standard InChI is InChI=1S/C26H36N4O6/c1-25-8-9-26(36-25)20(19(25)22(32)27-2)24(34)30(18(16-31)17-6-4-3-5-7-17)21(26)23(33)28-10-11-29-12-14-35-15-13-29/h3-7,18-21,31H,8-16H2,1-2H3,(H,27,32)(H,28,33)/t18-,19-,20+,21?,25+,26?/m1/s1. The van der Waals surface area contributed by atoms with Crippen molar-refractivity contribution in [3.05, 3.63) is 35.9 Å². The molecule has 6 atom stereocenters. The van der Waals surface area contributed by atoms with E-state index in [0.29, 0.717) is 39.1 Å². The van der Waals surface area contributed by atoms with Gasteiger partial charge in [0.15, 0.2) is 0 Å². The fourth-order valence-electron chi connectivity index (χ4n) is 6.84. The number of rotatable bonds is 8. The Bertz CT molecular complexity index is 1000. The van der Waals surface area contributed by atoms with Gasteiger partial charge >= 0.3 is 0 Å². The molecule has 10 heteroatoms. The van der Waals surface area contributed by atoms with E-state index in [4.69, 9.17) is 9.47 Å². The van der Waals surface area contributed by atoms with E-state index < -0.39 is 35.1 Å². The molecule has 4 saturated heterocycles. The van der Waals surface area contributed by atoms with Crippen LogP contribution in [0.5, 0.6) is 0 Å². The van der Waals surface area contributed by atoms with Gasteiger partial charge in [-0.05, 0) is 25.3 Å². The summed E-state index contributed by atoms with van der Waals surface area (Å²) in [6.07, 6.45) is 1.08. The lowest BCUT2D eigenvalue weighted by atomic mass is 9.66. The van der Waals surface area contributed by atoms with Crippen molar-refractivity contribution < 1.29 is 29.0 Å². The molecule has 196 valence electrons. The fourth-order valence-corrected chi connectivity index (χ4v) is 6.84. The number of likely N-dealkylation sites (tertiary alicyclic amines) is 1. The number of morpholine rings is 1. The van der Waals surface area contributed by atoms with Crippen molar-refractivity contribution >= 4 is 17.7 Å². The Balaban J connectivity index is 1.48. The molecular weight excluding hydrogens is 464 g/mol. The molecule has 4 aliphatic heterocycles. The average Bonchev–Trinajstić information content (AvgIpc) is 3.46.